The van der Waals surface area contributed by atoms with Crippen LogP contribution < -0.4 is 10.2 Å². The second-order valence-electron chi connectivity index (χ2n) is 6.57. The SMILES string of the molecule is Cn1ccc(C(=O)NC2CCN(c3nc4ccccc4n3C)CC2)n1. The lowest BCUT2D eigenvalue weighted by Gasteiger charge is -2.32. The van der Waals surface area contributed by atoms with E-state index in [0.29, 0.717) is 5.69 Å². The van der Waals surface area contributed by atoms with Gasteiger partial charge in [0.25, 0.3) is 5.91 Å². The van der Waals surface area contributed by atoms with Crippen LogP contribution in [-0.2, 0) is 14.1 Å². The maximum absolute atomic E-state index is 12.2. The lowest BCUT2D eigenvalue weighted by Crippen LogP contribution is -2.45. The van der Waals surface area contributed by atoms with E-state index in [4.69, 9.17) is 4.98 Å². The van der Waals surface area contributed by atoms with E-state index in [-0.39, 0.29) is 11.9 Å². The fourth-order valence-electron chi connectivity index (χ4n) is 3.43. The standard InChI is InChI=1S/C18H22N6O/c1-22-10-9-15(21-22)17(25)19-13-7-11-24(12-8-13)18-20-14-5-3-4-6-16(14)23(18)2/h3-6,9-10,13H,7-8,11-12H2,1-2H3,(H,19,25). The first kappa shape index (κ1) is 15.7. The number of fused-ring (bicyclic) bond motifs is 1. The van der Waals surface area contributed by atoms with Crippen molar-refractivity contribution in [1.82, 2.24) is 24.6 Å². The zero-order valence-electron chi connectivity index (χ0n) is 14.5. The molecule has 7 nitrogen and oxygen atoms in total. The average Bonchev–Trinajstić information content (AvgIpc) is 3.20. The minimum absolute atomic E-state index is 0.0956. The molecule has 0 aliphatic carbocycles. The molecule has 1 aliphatic rings. The van der Waals surface area contributed by atoms with E-state index in [2.05, 4.69) is 33.0 Å². The molecule has 3 heterocycles. The van der Waals surface area contributed by atoms with Crippen LogP contribution in [0.15, 0.2) is 36.5 Å². The molecule has 130 valence electrons. The first-order valence-corrected chi connectivity index (χ1v) is 8.59. The van der Waals surface area contributed by atoms with Crippen LogP contribution in [0.3, 0.4) is 0 Å². The number of piperidine rings is 1. The van der Waals surface area contributed by atoms with Gasteiger partial charge in [-0.2, -0.15) is 5.10 Å². The second kappa shape index (κ2) is 6.23. The number of hydrogen-bond acceptors (Lipinski definition) is 4. The lowest BCUT2D eigenvalue weighted by molar-refractivity contribution is 0.0925. The number of nitrogens with one attached hydrogen (secondary N) is 1. The van der Waals surface area contributed by atoms with Crippen molar-refractivity contribution >= 4 is 22.9 Å². The molecule has 0 spiro atoms. The van der Waals surface area contributed by atoms with E-state index in [1.165, 1.54) is 0 Å². The molecule has 0 saturated carbocycles. The summed E-state index contributed by atoms with van der Waals surface area (Å²) in [6, 6.07) is 10.1. The molecule has 1 aromatic carbocycles. The summed E-state index contributed by atoms with van der Waals surface area (Å²) in [5.41, 5.74) is 2.63. The molecular formula is C18H22N6O. The number of carbonyl (C=O) groups excluding carboxylic acids is 1. The fraction of sp³-hybridized carbons (Fsp3) is 0.389. The summed E-state index contributed by atoms with van der Waals surface area (Å²) in [6.07, 6.45) is 3.59. The average molecular weight is 338 g/mol. The van der Waals surface area contributed by atoms with Crippen LogP contribution in [0.1, 0.15) is 23.3 Å². The highest BCUT2D eigenvalue weighted by atomic mass is 16.2. The van der Waals surface area contributed by atoms with Gasteiger partial charge in [-0.15, -0.1) is 0 Å². The van der Waals surface area contributed by atoms with Crippen molar-refractivity contribution in [1.29, 1.82) is 0 Å². The summed E-state index contributed by atoms with van der Waals surface area (Å²) < 4.78 is 3.78. The minimum atomic E-state index is -0.0956. The number of rotatable bonds is 3. The Bertz CT molecular complexity index is 903. The van der Waals surface area contributed by atoms with E-state index < -0.39 is 0 Å². The van der Waals surface area contributed by atoms with Crippen molar-refractivity contribution in [3.05, 3.63) is 42.2 Å². The molecule has 1 N–H and O–H groups in total. The van der Waals surface area contributed by atoms with Crippen molar-refractivity contribution in [2.24, 2.45) is 14.1 Å². The van der Waals surface area contributed by atoms with Gasteiger partial charge in [0, 0.05) is 39.4 Å². The third-order valence-electron chi connectivity index (χ3n) is 4.82. The van der Waals surface area contributed by atoms with Gasteiger partial charge in [0.05, 0.1) is 11.0 Å². The number of carbonyl (C=O) groups is 1. The van der Waals surface area contributed by atoms with Gasteiger partial charge >= 0.3 is 0 Å². The molecule has 3 aromatic rings. The molecule has 4 rings (SSSR count). The summed E-state index contributed by atoms with van der Waals surface area (Å²) in [4.78, 5) is 19.3. The number of nitrogens with zero attached hydrogens (tertiary/aromatic N) is 5. The molecule has 0 unspecified atom stereocenters. The molecule has 2 aromatic heterocycles. The van der Waals surface area contributed by atoms with E-state index in [9.17, 15) is 4.79 Å². The van der Waals surface area contributed by atoms with Gasteiger partial charge in [0.1, 0.15) is 5.69 Å². The summed E-state index contributed by atoms with van der Waals surface area (Å²) in [6.45, 7) is 1.76. The predicted octanol–water partition coefficient (Wildman–Crippen LogP) is 1.71. The van der Waals surface area contributed by atoms with Gasteiger partial charge in [0.15, 0.2) is 0 Å². The quantitative estimate of drug-likeness (QED) is 0.789. The molecule has 0 bridgehead atoms. The molecule has 1 saturated heterocycles. The van der Waals surface area contributed by atoms with Crippen LogP contribution in [0.2, 0.25) is 0 Å². The number of imidazole rings is 1. The molecule has 1 fully saturated rings. The molecule has 0 radical (unpaired) electrons. The number of benzene rings is 1. The summed E-state index contributed by atoms with van der Waals surface area (Å²) in [5.74, 6) is 0.900. The smallest absolute Gasteiger partial charge is 0.271 e. The number of anilines is 1. The van der Waals surface area contributed by atoms with Crippen molar-refractivity contribution in [2.45, 2.75) is 18.9 Å². The Morgan fingerprint density at radius 3 is 2.60 bits per heavy atom. The van der Waals surface area contributed by atoms with Crippen LogP contribution >= 0.6 is 0 Å². The number of hydrogen-bond donors (Lipinski definition) is 1. The molecular weight excluding hydrogens is 316 g/mol. The fourth-order valence-corrected chi connectivity index (χ4v) is 3.43. The molecule has 0 atom stereocenters. The zero-order chi connectivity index (χ0) is 17.4. The predicted molar refractivity (Wildman–Crippen MR) is 96.6 cm³/mol. The van der Waals surface area contributed by atoms with Crippen molar-refractivity contribution in [3.63, 3.8) is 0 Å². The van der Waals surface area contributed by atoms with Crippen LogP contribution in [0.25, 0.3) is 11.0 Å². The van der Waals surface area contributed by atoms with E-state index >= 15 is 0 Å². The lowest BCUT2D eigenvalue weighted by atomic mass is 10.1. The van der Waals surface area contributed by atoms with Crippen molar-refractivity contribution < 1.29 is 4.79 Å². The molecule has 7 heteroatoms. The van der Waals surface area contributed by atoms with Crippen molar-refractivity contribution in [3.8, 4) is 0 Å². The highest BCUT2D eigenvalue weighted by Gasteiger charge is 2.24. The number of para-hydroxylation sites is 2. The number of aromatic nitrogens is 4. The summed E-state index contributed by atoms with van der Waals surface area (Å²) in [7, 11) is 3.87. The van der Waals surface area contributed by atoms with Crippen molar-refractivity contribution in [2.75, 3.05) is 18.0 Å². The van der Waals surface area contributed by atoms with Gasteiger partial charge in [-0.25, -0.2) is 4.98 Å². The Labute approximate surface area is 146 Å². The van der Waals surface area contributed by atoms with Crippen LogP contribution in [0.5, 0.6) is 0 Å². The van der Waals surface area contributed by atoms with Crippen LogP contribution in [0, 0.1) is 0 Å². The van der Waals surface area contributed by atoms with Gasteiger partial charge in [-0.1, -0.05) is 12.1 Å². The Kier molecular flexibility index (Phi) is 3.91. The first-order chi connectivity index (χ1) is 12.1. The minimum Gasteiger partial charge on any atom is -0.348 e. The largest absolute Gasteiger partial charge is 0.348 e. The molecule has 1 aliphatic heterocycles. The Balaban J connectivity index is 1.41. The van der Waals surface area contributed by atoms with Gasteiger partial charge in [-0.3, -0.25) is 9.48 Å². The monoisotopic (exact) mass is 338 g/mol. The van der Waals surface area contributed by atoms with Gasteiger partial charge in [-0.05, 0) is 31.0 Å². The van der Waals surface area contributed by atoms with Crippen LogP contribution in [0.4, 0.5) is 5.95 Å². The number of aryl methyl sites for hydroxylation is 2. The van der Waals surface area contributed by atoms with Gasteiger partial charge in [0.2, 0.25) is 5.95 Å². The molecule has 25 heavy (non-hydrogen) atoms. The Morgan fingerprint density at radius 2 is 1.92 bits per heavy atom. The number of amides is 1. The normalized spacial score (nSPS) is 15.7. The van der Waals surface area contributed by atoms with E-state index in [1.54, 1.807) is 16.9 Å². The van der Waals surface area contributed by atoms with E-state index in [1.807, 2.05) is 25.2 Å². The highest BCUT2D eigenvalue weighted by Crippen LogP contribution is 2.24. The second-order valence-corrected chi connectivity index (χ2v) is 6.57. The van der Waals surface area contributed by atoms with Crippen LogP contribution in [-0.4, -0.2) is 44.4 Å². The maximum Gasteiger partial charge on any atom is 0.271 e. The Hall–Kier alpha value is -2.83. The summed E-state index contributed by atoms with van der Waals surface area (Å²) >= 11 is 0. The van der Waals surface area contributed by atoms with Gasteiger partial charge < -0.3 is 14.8 Å². The maximum atomic E-state index is 12.2. The topological polar surface area (TPSA) is 68.0 Å². The Morgan fingerprint density at radius 1 is 1.16 bits per heavy atom. The first-order valence-electron chi connectivity index (χ1n) is 8.59. The molecule has 1 amide bonds. The third-order valence-corrected chi connectivity index (χ3v) is 4.82. The zero-order valence-corrected chi connectivity index (χ0v) is 14.5. The van der Waals surface area contributed by atoms with E-state index in [0.717, 1.165) is 42.9 Å². The summed E-state index contributed by atoms with van der Waals surface area (Å²) in [5, 5.41) is 7.25. The third kappa shape index (κ3) is 2.97. The highest BCUT2D eigenvalue weighted by molar-refractivity contribution is 5.92.